The van der Waals surface area contributed by atoms with E-state index in [0.29, 0.717) is 0 Å². The lowest BCUT2D eigenvalue weighted by atomic mass is 9.82. The van der Waals surface area contributed by atoms with Crippen LogP contribution in [0, 0.1) is 0 Å². The van der Waals surface area contributed by atoms with Crippen molar-refractivity contribution in [1.29, 1.82) is 0 Å². The van der Waals surface area contributed by atoms with Crippen molar-refractivity contribution in [2.45, 2.75) is 0 Å². The van der Waals surface area contributed by atoms with Crippen molar-refractivity contribution in [3.8, 4) is 83.8 Å². The number of rotatable bonds is 8. The van der Waals surface area contributed by atoms with E-state index >= 15 is 0 Å². The highest BCUT2D eigenvalue weighted by atomic mass is 15.1. The Kier molecular flexibility index (Phi) is 10.9. The SMILES string of the molecule is c1ccc(-n2c(-c3ccc(-c4c5ccccc5c(-c5ccc6c(-c7ccc(-c8ccc9ccccc9c8)cc7)c7ccccc7c(-c7ccc(-c8ccc9ccccc9c8)cc7)c6c5)c5ccccc45)cc3)nc3ccccc32)cc1. The molecule has 0 bridgehead atoms. The highest BCUT2D eigenvalue weighted by Crippen LogP contribution is 2.49. The van der Waals surface area contributed by atoms with E-state index in [9.17, 15) is 0 Å². The minimum Gasteiger partial charge on any atom is -0.292 e. The Morgan fingerprint density at radius 1 is 0.210 bits per heavy atom. The molecule has 0 saturated carbocycles. The lowest BCUT2D eigenvalue weighted by Gasteiger charge is -2.21. The molecule has 0 aliphatic carbocycles. The molecule has 0 saturated heterocycles. The van der Waals surface area contributed by atoms with E-state index < -0.39 is 0 Å². The van der Waals surface area contributed by atoms with Crippen LogP contribution in [0.1, 0.15) is 0 Å². The summed E-state index contributed by atoms with van der Waals surface area (Å²) in [6.07, 6.45) is 0. The van der Waals surface area contributed by atoms with E-state index in [4.69, 9.17) is 4.98 Å². The van der Waals surface area contributed by atoms with Crippen LogP contribution >= 0.6 is 0 Å². The maximum atomic E-state index is 5.20. The predicted octanol–water partition coefficient (Wildman–Crippen LogP) is 21.6. The zero-order valence-corrected chi connectivity index (χ0v) is 44.3. The second-order valence-electron chi connectivity index (χ2n) is 21.3. The molecule has 2 nitrogen and oxygen atoms in total. The van der Waals surface area contributed by atoms with E-state index in [1.54, 1.807) is 0 Å². The highest BCUT2D eigenvalue weighted by molar-refractivity contribution is 6.25. The van der Waals surface area contributed by atoms with Gasteiger partial charge in [-0.25, -0.2) is 4.98 Å². The molecule has 1 aromatic heterocycles. The van der Waals surface area contributed by atoms with E-state index in [1.165, 1.54) is 126 Å². The van der Waals surface area contributed by atoms with Crippen molar-refractivity contribution < 1.29 is 0 Å². The van der Waals surface area contributed by atoms with E-state index in [-0.39, 0.29) is 0 Å². The van der Waals surface area contributed by atoms with Crippen LogP contribution < -0.4 is 0 Å². The monoisotopic (exact) mass is 1030 g/mol. The van der Waals surface area contributed by atoms with Gasteiger partial charge in [0.05, 0.1) is 11.0 Å². The quantitative estimate of drug-likeness (QED) is 0.139. The fourth-order valence-electron chi connectivity index (χ4n) is 12.9. The Bertz CT molecular complexity index is 5070. The van der Waals surface area contributed by atoms with Crippen LogP contribution in [0.4, 0.5) is 0 Å². The molecular formula is C79H50N2. The van der Waals surface area contributed by atoms with Crippen LogP contribution in [0.3, 0.4) is 0 Å². The summed E-state index contributed by atoms with van der Waals surface area (Å²) in [4.78, 5) is 5.20. The van der Waals surface area contributed by atoms with E-state index in [2.05, 4.69) is 308 Å². The molecule has 0 aliphatic rings. The molecule has 376 valence electrons. The fourth-order valence-corrected chi connectivity index (χ4v) is 12.9. The van der Waals surface area contributed by atoms with Crippen molar-refractivity contribution in [3.05, 3.63) is 303 Å². The predicted molar refractivity (Wildman–Crippen MR) is 344 cm³/mol. The molecule has 16 rings (SSSR count). The van der Waals surface area contributed by atoms with Gasteiger partial charge in [-0.2, -0.15) is 0 Å². The Morgan fingerprint density at radius 3 is 1.05 bits per heavy atom. The topological polar surface area (TPSA) is 17.8 Å². The van der Waals surface area contributed by atoms with Gasteiger partial charge in [-0.05, 0) is 174 Å². The Hall–Kier alpha value is -10.7. The largest absolute Gasteiger partial charge is 0.292 e. The van der Waals surface area contributed by atoms with Crippen molar-refractivity contribution in [3.63, 3.8) is 0 Å². The first kappa shape index (κ1) is 46.4. The minimum atomic E-state index is 0.921. The summed E-state index contributed by atoms with van der Waals surface area (Å²) >= 11 is 0. The minimum absolute atomic E-state index is 0.921. The standard InChI is InChI=1S/C79H50N2/c1-2-20-64(21-3-1)81-74-29-15-14-28-73(74)80-79(81)58-42-40-56(41-43-58)75-66-23-9-12-26-69(66)78(70-27-13-10-24-67(70)75)63-46-47-71-72(50-63)77(57-38-32-54(33-39-57)62-45-35-52-17-5-7-19-60(52)49-62)68-25-11-8-22-65(68)76(71)55-36-30-53(31-37-55)61-44-34-51-16-4-6-18-59(51)48-61/h1-50H. The van der Waals surface area contributed by atoms with Crippen molar-refractivity contribution in [2.75, 3.05) is 0 Å². The smallest absolute Gasteiger partial charge is 0.145 e. The van der Waals surface area contributed by atoms with Gasteiger partial charge in [-0.1, -0.05) is 261 Å². The van der Waals surface area contributed by atoms with Crippen LogP contribution in [0.2, 0.25) is 0 Å². The molecule has 0 fully saturated rings. The molecule has 0 aliphatic heterocycles. The van der Waals surface area contributed by atoms with Gasteiger partial charge in [0.1, 0.15) is 5.82 Å². The van der Waals surface area contributed by atoms with Gasteiger partial charge in [0.25, 0.3) is 0 Å². The van der Waals surface area contributed by atoms with Crippen molar-refractivity contribution in [1.82, 2.24) is 9.55 Å². The molecular weight excluding hydrogens is 977 g/mol. The number of benzene rings is 15. The number of aromatic nitrogens is 2. The van der Waals surface area contributed by atoms with E-state index in [0.717, 1.165) is 33.7 Å². The first-order valence-electron chi connectivity index (χ1n) is 27.9. The summed E-state index contributed by atoms with van der Waals surface area (Å²) in [5.74, 6) is 0.921. The average Bonchev–Trinajstić information content (AvgIpc) is 3.87. The third-order valence-corrected chi connectivity index (χ3v) is 16.8. The Labute approximate surface area is 469 Å². The second-order valence-corrected chi connectivity index (χ2v) is 21.3. The van der Waals surface area contributed by atoms with Crippen LogP contribution in [0.25, 0.3) is 160 Å². The molecule has 1 heterocycles. The number of para-hydroxylation sites is 3. The molecule has 16 aromatic rings. The van der Waals surface area contributed by atoms with Gasteiger partial charge in [0.15, 0.2) is 0 Å². The van der Waals surface area contributed by atoms with Crippen molar-refractivity contribution >= 4 is 75.7 Å². The first-order valence-corrected chi connectivity index (χ1v) is 27.9. The molecule has 0 N–H and O–H groups in total. The molecule has 0 amide bonds. The summed E-state index contributed by atoms with van der Waals surface area (Å²) in [6, 6.07) is 112. The number of imidazole rings is 1. The molecule has 0 atom stereocenters. The fraction of sp³-hybridized carbons (Fsp3) is 0. The zero-order chi connectivity index (χ0) is 53.4. The van der Waals surface area contributed by atoms with Gasteiger partial charge >= 0.3 is 0 Å². The highest BCUT2D eigenvalue weighted by Gasteiger charge is 2.22. The first-order chi connectivity index (χ1) is 40.2. The molecule has 15 aromatic carbocycles. The number of hydrogen-bond acceptors (Lipinski definition) is 1. The number of fused-ring (bicyclic) bond motifs is 7. The number of nitrogens with zero attached hydrogens (tertiary/aromatic N) is 2. The number of hydrogen-bond donors (Lipinski definition) is 0. The van der Waals surface area contributed by atoms with E-state index in [1.807, 2.05) is 0 Å². The second kappa shape index (κ2) is 19.1. The Balaban J connectivity index is 0.881. The average molecular weight is 1030 g/mol. The van der Waals surface area contributed by atoms with Crippen LogP contribution in [0.15, 0.2) is 303 Å². The summed E-state index contributed by atoms with van der Waals surface area (Å²) in [6.45, 7) is 0. The lowest BCUT2D eigenvalue weighted by molar-refractivity contribution is 1.10. The lowest BCUT2D eigenvalue weighted by Crippen LogP contribution is -1.97. The molecule has 0 spiro atoms. The maximum Gasteiger partial charge on any atom is 0.145 e. The normalized spacial score (nSPS) is 11.7. The van der Waals surface area contributed by atoms with Gasteiger partial charge < -0.3 is 0 Å². The van der Waals surface area contributed by atoms with Crippen LogP contribution in [0.5, 0.6) is 0 Å². The van der Waals surface area contributed by atoms with Gasteiger partial charge in [-0.15, -0.1) is 0 Å². The van der Waals surface area contributed by atoms with Crippen molar-refractivity contribution in [2.24, 2.45) is 0 Å². The van der Waals surface area contributed by atoms with Crippen LogP contribution in [-0.4, -0.2) is 9.55 Å². The molecule has 0 unspecified atom stereocenters. The molecule has 0 radical (unpaired) electrons. The third-order valence-electron chi connectivity index (χ3n) is 16.8. The summed E-state index contributed by atoms with van der Waals surface area (Å²) in [5.41, 5.74) is 18.7. The van der Waals surface area contributed by atoms with Gasteiger partial charge in [0, 0.05) is 11.3 Å². The van der Waals surface area contributed by atoms with Gasteiger partial charge in [-0.3, -0.25) is 4.57 Å². The van der Waals surface area contributed by atoms with Crippen LogP contribution in [-0.2, 0) is 0 Å². The van der Waals surface area contributed by atoms with Gasteiger partial charge in [0.2, 0.25) is 0 Å². The Morgan fingerprint density at radius 2 is 0.556 bits per heavy atom. The maximum absolute atomic E-state index is 5.20. The zero-order valence-electron chi connectivity index (χ0n) is 44.3. The molecule has 2 heteroatoms. The third kappa shape index (κ3) is 7.83. The summed E-state index contributed by atoms with van der Waals surface area (Å²) < 4.78 is 2.27. The summed E-state index contributed by atoms with van der Waals surface area (Å²) in [5, 5.41) is 14.7. The molecule has 81 heavy (non-hydrogen) atoms. The summed E-state index contributed by atoms with van der Waals surface area (Å²) in [7, 11) is 0.